The molecule has 0 aliphatic rings. The van der Waals surface area contributed by atoms with Crippen LogP contribution in [0.25, 0.3) is 22.3 Å². The van der Waals surface area contributed by atoms with Crippen molar-refractivity contribution < 1.29 is 13.0 Å². The minimum atomic E-state index is -4.33. The van der Waals surface area contributed by atoms with E-state index in [1.54, 1.807) is 6.07 Å². The lowest BCUT2D eigenvalue weighted by Crippen LogP contribution is -2.02. The van der Waals surface area contributed by atoms with Crippen LogP contribution in [0, 0.1) is 0 Å². The van der Waals surface area contributed by atoms with Gasteiger partial charge in [0.15, 0.2) is 0 Å². The third-order valence-corrected chi connectivity index (χ3v) is 4.95. The van der Waals surface area contributed by atoms with Gasteiger partial charge in [0.05, 0.1) is 0 Å². The maximum absolute atomic E-state index is 11.8. The summed E-state index contributed by atoms with van der Waals surface area (Å²) in [7, 11) is -4.33. The van der Waals surface area contributed by atoms with E-state index in [4.69, 9.17) is 0 Å². The van der Waals surface area contributed by atoms with Crippen molar-refractivity contribution in [3.05, 3.63) is 77.3 Å². The molecule has 0 amide bonds. The fourth-order valence-corrected chi connectivity index (χ4v) is 3.52. The molecule has 0 aliphatic carbocycles. The molecule has 5 heteroatoms. The van der Waals surface area contributed by atoms with Gasteiger partial charge >= 0.3 is 0 Å². The molecule has 0 aromatic heterocycles. The van der Waals surface area contributed by atoms with Crippen LogP contribution >= 0.6 is 15.9 Å². The number of rotatable bonds is 3. The molecular weight excluding hydrogens is 376 g/mol. The van der Waals surface area contributed by atoms with Crippen molar-refractivity contribution in [2.24, 2.45) is 0 Å². The molecule has 0 bridgehead atoms. The van der Waals surface area contributed by atoms with Crippen LogP contribution < -0.4 is 0 Å². The molecule has 0 spiro atoms. The molecule has 0 fully saturated rings. The van der Waals surface area contributed by atoms with E-state index in [0.29, 0.717) is 5.56 Å². The minimum absolute atomic E-state index is 0.0934. The molecule has 0 aliphatic heterocycles. The number of hydrogen-bond donors (Lipinski definition) is 1. The largest absolute Gasteiger partial charge is 0.295 e. The van der Waals surface area contributed by atoms with Crippen LogP contribution in [0.5, 0.6) is 0 Å². The van der Waals surface area contributed by atoms with Crippen molar-refractivity contribution in [1.29, 1.82) is 0 Å². The molecule has 3 rings (SSSR count). The van der Waals surface area contributed by atoms with Crippen LogP contribution in [-0.2, 0) is 10.1 Å². The third kappa shape index (κ3) is 3.37. The maximum Gasteiger partial charge on any atom is 0.295 e. The predicted octanol–water partition coefficient (Wildman–Crippen LogP) is 5.03. The smallest absolute Gasteiger partial charge is 0.282 e. The summed E-state index contributed by atoms with van der Waals surface area (Å²) in [6.45, 7) is 0. The predicted molar refractivity (Wildman–Crippen MR) is 94.8 cm³/mol. The summed E-state index contributed by atoms with van der Waals surface area (Å²) in [6, 6.07) is 21.7. The zero-order valence-corrected chi connectivity index (χ0v) is 14.4. The Bertz CT molecular complexity index is 934. The summed E-state index contributed by atoms with van der Waals surface area (Å²) in [6.07, 6.45) is 0. The number of hydrogen-bond acceptors (Lipinski definition) is 2. The van der Waals surface area contributed by atoms with Gasteiger partial charge in [-0.25, -0.2) is 0 Å². The van der Waals surface area contributed by atoms with Gasteiger partial charge in [-0.15, -0.1) is 0 Å². The van der Waals surface area contributed by atoms with Crippen LogP contribution in [-0.4, -0.2) is 13.0 Å². The molecule has 116 valence electrons. The van der Waals surface area contributed by atoms with Crippen molar-refractivity contribution in [3.8, 4) is 22.3 Å². The standard InChI is InChI=1S/C18H13BrO3S/c19-15-11-9-13(10-12-15)16-7-4-8-17(23(20,21)22)18(16)14-5-2-1-3-6-14/h1-12H,(H,20,21,22). The van der Waals surface area contributed by atoms with Gasteiger partial charge in [-0.2, -0.15) is 8.42 Å². The summed E-state index contributed by atoms with van der Waals surface area (Å²) < 4.78 is 34.2. The Labute approximate surface area is 143 Å². The highest BCUT2D eigenvalue weighted by molar-refractivity contribution is 9.10. The Balaban J connectivity index is 2.35. The van der Waals surface area contributed by atoms with Crippen LogP contribution in [0.3, 0.4) is 0 Å². The van der Waals surface area contributed by atoms with Gasteiger partial charge in [-0.05, 0) is 34.9 Å². The van der Waals surface area contributed by atoms with E-state index < -0.39 is 10.1 Å². The lowest BCUT2D eigenvalue weighted by molar-refractivity contribution is 0.483. The van der Waals surface area contributed by atoms with Gasteiger partial charge in [0.2, 0.25) is 0 Å². The topological polar surface area (TPSA) is 54.4 Å². The zero-order chi connectivity index (χ0) is 16.4. The van der Waals surface area contributed by atoms with Gasteiger partial charge < -0.3 is 0 Å². The Morgan fingerprint density at radius 3 is 2.00 bits per heavy atom. The summed E-state index contributed by atoms with van der Waals surface area (Å²) in [4.78, 5) is -0.0934. The first-order valence-corrected chi connectivity index (χ1v) is 9.12. The Morgan fingerprint density at radius 2 is 1.39 bits per heavy atom. The Morgan fingerprint density at radius 1 is 0.739 bits per heavy atom. The summed E-state index contributed by atoms with van der Waals surface area (Å²) in [5, 5.41) is 0. The van der Waals surface area contributed by atoms with Crippen molar-refractivity contribution in [2.45, 2.75) is 4.90 Å². The quantitative estimate of drug-likeness (QED) is 0.640. The second kappa shape index (κ2) is 6.28. The lowest BCUT2D eigenvalue weighted by Gasteiger charge is -2.14. The Kier molecular flexibility index (Phi) is 4.35. The number of halogens is 1. The molecule has 3 nitrogen and oxygen atoms in total. The molecule has 3 aromatic carbocycles. The summed E-state index contributed by atoms with van der Waals surface area (Å²) in [5.74, 6) is 0. The summed E-state index contributed by atoms with van der Waals surface area (Å²) in [5.41, 5.74) is 2.85. The van der Waals surface area contributed by atoms with Crippen LogP contribution in [0.4, 0.5) is 0 Å². The van der Waals surface area contributed by atoms with Gasteiger partial charge in [0.1, 0.15) is 4.90 Å². The van der Waals surface area contributed by atoms with E-state index >= 15 is 0 Å². The van der Waals surface area contributed by atoms with E-state index in [1.807, 2.05) is 60.7 Å². The monoisotopic (exact) mass is 388 g/mol. The molecular formula is C18H13BrO3S. The third-order valence-electron chi connectivity index (χ3n) is 3.52. The normalized spacial score (nSPS) is 11.4. The van der Waals surface area contributed by atoms with Crippen LogP contribution in [0.2, 0.25) is 0 Å². The van der Waals surface area contributed by atoms with E-state index in [9.17, 15) is 13.0 Å². The highest BCUT2D eigenvalue weighted by atomic mass is 79.9. The Hall–Kier alpha value is -1.95. The molecule has 3 aromatic rings. The first-order chi connectivity index (χ1) is 11.0. The van der Waals surface area contributed by atoms with Gasteiger partial charge in [-0.1, -0.05) is 70.5 Å². The first-order valence-electron chi connectivity index (χ1n) is 6.89. The molecule has 0 unspecified atom stereocenters. The highest BCUT2D eigenvalue weighted by Crippen LogP contribution is 2.37. The zero-order valence-electron chi connectivity index (χ0n) is 12.0. The van der Waals surface area contributed by atoms with Gasteiger partial charge in [0, 0.05) is 10.0 Å². The lowest BCUT2D eigenvalue weighted by atomic mass is 9.94. The molecule has 0 radical (unpaired) electrons. The van der Waals surface area contributed by atoms with E-state index in [1.165, 1.54) is 6.07 Å². The minimum Gasteiger partial charge on any atom is -0.282 e. The average Bonchev–Trinajstić information content (AvgIpc) is 2.55. The molecule has 0 saturated carbocycles. The van der Waals surface area contributed by atoms with Crippen molar-refractivity contribution in [3.63, 3.8) is 0 Å². The molecule has 0 heterocycles. The fourth-order valence-electron chi connectivity index (χ4n) is 2.52. The van der Waals surface area contributed by atoms with Crippen molar-refractivity contribution in [2.75, 3.05) is 0 Å². The average molecular weight is 389 g/mol. The summed E-state index contributed by atoms with van der Waals surface area (Å²) >= 11 is 3.39. The maximum atomic E-state index is 11.8. The molecule has 0 atom stereocenters. The van der Waals surface area contributed by atoms with Crippen molar-refractivity contribution >= 4 is 26.0 Å². The van der Waals surface area contributed by atoms with E-state index in [2.05, 4.69) is 15.9 Å². The van der Waals surface area contributed by atoms with Gasteiger partial charge in [-0.3, -0.25) is 4.55 Å². The van der Waals surface area contributed by atoms with Crippen LogP contribution in [0.15, 0.2) is 82.2 Å². The van der Waals surface area contributed by atoms with Crippen molar-refractivity contribution in [1.82, 2.24) is 0 Å². The molecule has 23 heavy (non-hydrogen) atoms. The van der Waals surface area contributed by atoms with E-state index in [-0.39, 0.29) is 4.90 Å². The molecule has 1 N–H and O–H groups in total. The first kappa shape index (κ1) is 15.9. The van der Waals surface area contributed by atoms with E-state index in [0.717, 1.165) is 21.2 Å². The van der Waals surface area contributed by atoms with Gasteiger partial charge in [0.25, 0.3) is 10.1 Å². The SMILES string of the molecule is O=S(=O)(O)c1cccc(-c2ccc(Br)cc2)c1-c1ccccc1. The van der Waals surface area contributed by atoms with Crippen LogP contribution in [0.1, 0.15) is 0 Å². The number of benzene rings is 3. The molecule has 0 saturated heterocycles. The second-order valence-corrected chi connectivity index (χ2v) is 7.33. The fraction of sp³-hybridized carbons (Fsp3) is 0. The highest BCUT2D eigenvalue weighted by Gasteiger charge is 2.20. The second-order valence-electron chi connectivity index (χ2n) is 5.03.